The maximum atomic E-state index is 14.2. The molecule has 0 aliphatic carbocycles. The summed E-state index contributed by atoms with van der Waals surface area (Å²) in [4.78, 5) is 35.3. The minimum absolute atomic E-state index is 0.115. The van der Waals surface area contributed by atoms with Gasteiger partial charge in [0, 0.05) is 38.4 Å². The summed E-state index contributed by atoms with van der Waals surface area (Å²) >= 11 is 0. The van der Waals surface area contributed by atoms with Gasteiger partial charge in [-0.3, -0.25) is 9.59 Å². The van der Waals surface area contributed by atoms with Crippen LogP contribution in [0, 0.1) is 6.92 Å². The predicted molar refractivity (Wildman–Crippen MR) is 143 cm³/mol. The summed E-state index contributed by atoms with van der Waals surface area (Å²) in [6.07, 6.45) is -4.03. The topological polar surface area (TPSA) is 99.8 Å². The number of amides is 1. The van der Waals surface area contributed by atoms with Crippen LogP contribution in [0.15, 0.2) is 23.0 Å². The lowest BCUT2D eigenvalue weighted by Crippen LogP contribution is -2.47. The number of nitrogens with one attached hydrogen (secondary N) is 2. The number of hydrogen-bond acceptors (Lipinski definition) is 7. The Labute approximate surface area is 228 Å². The average molecular weight is 565 g/mol. The van der Waals surface area contributed by atoms with Crippen LogP contribution in [0.4, 0.5) is 34.9 Å². The van der Waals surface area contributed by atoms with E-state index in [4.69, 9.17) is 0 Å². The van der Waals surface area contributed by atoms with E-state index < -0.39 is 23.8 Å². The number of piperazine rings is 1. The number of aryl methyl sites for hydroxylation is 1. The van der Waals surface area contributed by atoms with E-state index in [2.05, 4.69) is 20.7 Å². The molecule has 0 saturated carbocycles. The van der Waals surface area contributed by atoms with Gasteiger partial charge in [0.15, 0.2) is 0 Å². The molecule has 0 radical (unpaired) electrons. The van der Waals surface area contributed by atoms with E-state index in [1.807, 2.05) is 11.8 Å². The number of anilines is 3. The van der Waals surface area contributed by atoms with Gasteiger partial charge in [-0.15, -0.1) is 5.10 Å². The molecule has 0 bridgehead atoms. The van der Waals surface area contributed by atoms with Gasteiger partial charge in [-0.05, 0) is 49.9 Å². The Morgan fingerprint density at radius 2 is 1.93 bits per heavy atom. The fourth-order valence-electron chi connectivity index (χ4n) is 5.36. The molecule has 0 unspecified atom stereocenters. The molecule has 5 rings (SSSR count). The van der Waals surface area contributed by atoms with Crippen molar-refractivity contribution in [2.45, 2.75) is 52.0 Å². The molecule has 4 heterocycles. The summed E-state index contributed by atoms with van der Waals surface area (Å²) in [5, 5.41) is 10.4. The second-order valence-electron chi connectivity index (χ2n) is 10.2. The number of nitrogens with zero attached hydrogens (tertiary/aromatic N) is 6. The molecule has 40 heavy (non-hydrogen) atoms. The normalized spacial score (nSPS) is 18.4. The monoisotopic (exact) mass is 564 g/mol. The summed E-state index contributed by atoms with van der Waals surface area (Å²) in [7, 11) is 0. The van der Waals surface area contributed by atoms with E-state index in [0.29, 0.717) is 63.4 Å². The molecule has 1 aromatic carbocycles. The molecule has 14 heteroatoms. The molecular formula is C26H32F4N8O2. The van der Waals surface area contributed by atoms with Crippen LogP contribution in [0.1, 0.15) is 36.6 Å². The molecule has 216 valence electrons. The van der Waals surface area contributed by atoms with Crippen LogP contribution in [0.5, 0.6) is 0 Å². The van der Waals surface area contributed by atoms with Crippen molar-refractivity contribution in [2.75, 3.05) is 54.4 Å². The zero-order valence-electron chi connectivity index (χ0n) is 22.4. The average Bonchev–Trinajstić information content (AvgIpc) is 3.37. The Balaban J connectivity index is 1.55. The van der Waals surface area contributed by atoms with Crippen molar-refractivity contribution >= 4 is 29.0 Å². The summed E-state index contributed by atoms with van der Waals surface area (Å²) in [5.41, 5.74) is 0.369. The second-order valence-corrected chi connectivity index (χ2v) is 10.2. The van der Waals surface area contributed by atoms with Crippen molar-refractivity contribution < 1.29 is 22.4 Å². The Bertz CT molecular complexity index is 1460. The van der Waals surface area contributed by atoms with Gasteiger partial charge in [0.1, 0.15) is 18.4 Å². The first-order valence-corrected chi connectivity index (χ1v) is 13.4. The number of halogens is 4. The molecule has 1 amide bonds. The number of fused-ring (bicyclic) bond motifs is 1. The maximum Gasteiger partial charge on any atom is 0.416 e. The largest absolute Gasteiger partial charge is 0.416 e. The fourth-order valence-corrected chi connectivity index (χ4v) is 5.36. The van der Waals surface area contributed by atoms with E-state index in [0.717, 1.165) is 12.1 Å². The highest BCUT2D eigenvalue weighted by molar-refractivity contribution is 5.91. The third-order valence-corrected chi connectivity index (χ3v) is 7.36. The third kappa shape index (κ3) is 5.49. The van der Waals surface area contributed by atoms with Gasteiger partial charge in [0.25, 0.3) is 5.56 Å². The molecule has 2 N–H and O–H groups in total. The lowest BCUT2D eigenvalue weighted by Gasteiger charge is -2.31. The number of benzene rings is 1. The Morgan fingerprint density at radius 1 is 1.18 bits per heavy atom. The van der Waals surface area contributed by atoms with Crippen molar-refractivity contribution in [3.8, 4) is 0 Å². The molecule has 10 nitrogen and oxygen atoms in total. The number of hydrogen-bond donors (Lipinski definition) is 2. The molecule has 2 fully saturated rings. The van der Waals surface area contributed by atoms with Crippen molar-refractivity contribution in [2.24, 2.45) is 0 Å². The van der Waals surface area contributed by atoms with E-state index in [-0.39, 0.29) is 41.6 Å². The summed E-state index contributed by atoms with van der Waals surface area (Å²) in [5.74, 6) is -0.136. The highest BCUT2D eigenvalue weighted by atomic mass is 19.4. The van der Waals surface area contributed by atoms with E-state index in [1.54, 1.807) is 9.47 Å². The number of carbonyl (C=O) groups is 1. The van der Waals surface area contributed by atoms with Gasteiger partial charge < -0.3 is 25.0 Å². The lowest BCUT2D eigenvalue weighted by molar-refractivity contribution is -0.137. The molecule has 2 aliphatic rings. The quantitative estimate of drug-likeness (QED) is 0.445. The SMILES string of the molecule is CCc1c(N2CCNCC2)c(=O)n2nc(N3CCC[C@@H](F)C3)nc2n1CC(=O)Nc1ccc(C(F)(F)F)cc1C. The van der Waals surface area contributed by atoms with Crippen LogP contribution in [0.3, 0.4) is 0 Å². The van der Waals surface area contributed by atoms with Crippen molar-refractivity contribution in [3.63, 3.8) is 0 Å². The van der Waals surface area contributed by atoms with Gasteiger partial charge in [-0.2, -0.15) is 22.7 Å². The third-order valence-electron chi connectivity index (χ3n) is 7.36. The number of aromatic nitrogens is 4. The first-order valence-electron chi connectivity index (χ1n) is 13.4. The smallest absolute Gasteiger partial charge is 0.363 e. The Kier molecular flexibility index (Phi) is 7.71. The van der Waals surface area contributed by atoms with Crippen molar-refractivity contribution in [1.29, 1.82) is 0 Å². The lowest BCUT2D eigenvalue weighted by atomic mass is 10.1. The fraction of sp³-hybridized carbons (Fsp3) is 0.538. The molecule has 1 atom stereocenters. The number of alkyl halides is 4. The van der Waals surface area contributed by atoms with Crippen LogP contribution in [-0.2, 0) is 23.9 Å². The van der Waals surface area contributed by atoms with Crippen LogP contribution in [0.2, 0.25) is 0 Å². The minimum Gasteiger partial charge on any atom is -0.363 e. The maximum absolute atomic E-state index is 14.2. The zero-order valence-corrected chi connectivity index (χ0v) is 22.4. The van der Waals surface area contributed by atoms with Crippen molar-refractivity contribution in [3.05, 3.63) is 45.4 Å². The predicted octanol–water partition coefficient (Wildman–Crippen LogP) is 2.77. The van der Waals surface area contributed by atoms with Crippen molar-refractivity contribution in [1.82, 2.24) is 24.5 Å². The summed E-state index contributed by atoms with van der Waals surface area (Å²) in [6, 6.07) is 3.12. The molecule has 2 aromatic heterocycles. The summed E-state index contributed by atoms with van der Waals surface area (Å²) < 4.78 is 56.3. The first-order chi connectivity index (χ1) is 19.1. The number of piperidine rings is 1. The zero-order chi connectivity index (χ0) is 28.6. The highest BCUT2D eigenvalue weighted by Crippen LogP contribution is 2.31. The highest BCUT2D eigenvalue weighted by Gasteiger charge is 2.31. The van der Waals surface area contributed by atoms with Crippen LogP contribution in [0.25, 0.3) is 5.78 Å². The number of carbonyl (C=O) groups excluding carboxylic acids is 1. The molecular weight excluding hydrogens is 532 g/mol. The van der Waals surface area contributed by atoms with E-state index >= 15 is 0 Å². The Morgan fingerprint density at radius 3 is 2.58 bits per heavy atom. The van der Waals surface area contributed by atoms with Crippen LogP contribution >= 0.6 is 0 Å². The van der Waals surface area contributed by atoms with Gasteiger partial charge in [-0.1, -0.05) is 6.92 Å². The molecule has 2 saturated heterocycles. The van der Waals surface area contributed by atoms with Crippen LogP contribution < -0.4 is 26.0 Å². The standard InChI is InChI=1S/C26H32F4N8O2/c1-3-20-22(35-11-8-31-9-12-35)23(40)38-25(33-24(34-38)36-10-4-5-18(27)14-36)37(20)15-21(39)32-19-7-6-17(13-16(19)2)26(28,29)30/h6-7,13,18,31H,3-5,8-12,14-15H2,1-2H3,(H,32,39)/t18-/m1/s1. The molecule has 3 aromatic rings. The first kappa shape index (κ1) is 27.9. The van der Waals surface area contributed by atoms with Gasteiger partial charge >= 0.3 is 6.18 Å². The van der Waals surface area contributed by atoms with E-state index in [1.165, 1.54) is 17.5 Å². The second kappa shape index (κ2) is 11.1. The molecule has 0 spiro atoms. The van der Waals surface area contributed by atoms with Gasteiger partial charge in [0.2, 0.25) is 17.6 Å². The van der Waals surface area contributed by atoms with Gasteiger partial charge in [-0.25, -0.2) is 4.39 Å². The summed E-state index contributed by atoms with van der Waals surface area (Å²) in [6.45, 7) is 6.31. The minimum atomic E-state index is -4.49. The van der Waals surface area contributed by atoms with E-state index in [9.17, 15) is 27.2 Å². The van der Waals surface area contributed by atoms with Gasteiger partial charge in [0.05, 0.1) is 17.8 Å². The number of rotatable bonds is 6. The molecule has 2 aliphatic heterocycles. The Hall–Kier alpha value is -3.68. The van der Waals surface area contributed by atoms with Crippen LogP contribution in [-0.4, -0.2) is 70.5 Å².